The number of hydrogen-bond donors (Lipinski definition) is 1. The fourth-order valence-electron chi connectivity index (χ4n) is 2.11. The van der Waals surface area contributed by atoms with Gasteiger partial charge in [-0.3, -0.25) is 0 Å². The number of hydrogen-bond acceptors (Lipinski definition) is 3. The number of aliphatic hydroxyl groups excluding tert-OH is 1. The molecule has 9 heteroatoms. The second-order valence-electron chi connectivity index (χ2n) is 5.38. The average molecular weight is 324 g/mol. The standard InChI is InChI=1S/C12H18F6O3/c1-10(13,14)6-12(17,18)7-11(15,16)3-2-8-5-20-9(4-19)21-8/h8-9,19H,2-7H2,1H3. The summed E-state index contributed by atoms with van der Waals surface area (Å²) < 4.78 is 88.2. The van der Waals surface area contributed by atoms with Crippen molar-refractivity contribution in [3.8, 4) is 0 Å². The van der Waals surface area contributed by atoms with Gasteiger partial charge in [0.05, 0.1) is 32.2 Å². The molecule has 0 aromatic heterocycles. The van der Waals surface area contributed by atoms with E-state index in [1.807, 2.05) is 0 Å². The molecule has 1 rings (SSSR count). The van der Waals surface area contributed by atoms with Crippen LogP contribution in [0.2, 0.25) is 0 Å². The van der Waals surface area contributed by atoms with Crippen LogP contribution in [0.3, 0.4) is 0 Å². The zero-order chi connectivity index (χ0) is 16.3. The molecule has 0 bridgehead atoms. The van der Waals surface area contributed by atoms with Gasteiger partial charge >= 0.3 is 0 Å². The lowest BCUT2D eigenvalue weighted by Crippen LogP contribution is -2.34. The number of ether oxygens (including phenoxy) is 2. The van der Waals surface area contributed by atoms with Gasteiger partial charge in [-0.05, 0) is 13.3 Å². The molecule has 126 valence electrons. The van der Waals surface area contributed by atoms with Crippen LogP contribution in [0.15, 0.2) is 0 Å². The van der Waals surface area contributed by atoms with Crippen molar-refractivity contribution in [2.24, 2.45) is 0 Å². The van der Waals surface area contributed by atoms with Crippen LogP contribution in [0.25, 0.3) is 0 Å². The normalized spacial score (nSPS) is 24.6. The average Bonchev–Trinajstić information content (AvgIpc) is 2.69. The first-order valence-corrected chi connectivity index (χ1v) is 6.44. The molecule has 0 saturated carbocycles. The summed E-state index contributed by atoms with van der Waals surface area (Å²) in [5.74, 6) is -11.6. The van der Waals surface area contributed by atoms with Crippen LogP contribution in [-0.4, -0.2) is 48.5 Å². The minimum atomic E-state index is -4.15. The predicted octanol–water partition coefficient (Wildman–Crippen LogP) is 3.21. The molecule has 1 aliphatic heterocycles. The van der Waals surface area contributed by atoms with E-state index < -0.39 is 56.0 Å². The molecule has 0 aromatic rings. The second kappa shape index (κ2) is 6.70. The van der Waals surface area contributed by atoms with Crippen LogP contribution in [0.4, 0.5) is 26.3 Å². The highest BCUT2D eigenvalue weighted by Crippen LogP contribution is 2.40. The van der Waals surface area contributed by atoms with Crippen LogP contribution in [-0.2, 0) is 9.47 Å². The quantitative estimate of drug-likeness (QED) is 0.697. The van der Waals surface area contributed by atoms with Gasteiger partial charge in [0.25, 0.3) is 17.8 Å². The van der Waals surface area contributed by atoms with Gasteiger partial charge in [0.2, 0.25) is 0 Å². The maximum Gasteiger partial charge on any atom is 0.259 e. The highest BCUT2D eigenvalue weighted by molar-refractivity contribution is 4.82. The first-order chi connectivity index (χ1) is 9.42. The van der Waals surface area contributed by atoms with E-state index >= 15 is 0 Å². The third-order valence-corrected chi connectivity index (χ3v) is 2.88. The Labute approximate surface area is 118 Å². The smallest absolute Gasteiger partial charge is 0.259 e. The zero-order valence-electron chi connectivity index (χ0n) is 11.4. The highest BCUT2D eigenvalue weighted by atomic mass is 19.3. The summed E-state index contributed by atoms with van der Waals surface area (Å²) >= 11 is 0. The lowest BCUT2D eigenvalue weighted by atomic mass is 9.99. The van der Waals surface area contributed by atoms with E-state index in [4.69, 9.17) is 14.6 Å². The van der Waals surface area contributed by atoms with Crippen molar-refractivity contribution in [1.82, 2.24) is 0 Å². The van der Waals surface area contributed by atoms with E-state index in [9.17, 15) is 26.3 Å². The zero-order valence-corrected chi connectivity index (χ0v) is 11.4. The van der Waals surface area contributed by atoms with Crippen LogP contribution in [0, 0.1) is 0 Å². The van der Waals surface area contributed by atoms with Crippen LogP contribution >= 0.6 is 0 Å². The summed E-state index contributed by atoms with van der Waals surface area (Å²) in [5, 5.41) is 8.70. The van der Waals surface area contributed by atoms with E-state index in [-0.39, 0.29) is 20.0 Å². The predicted molar refractivity (Wildman–Crippen MR) is 60.7 cm³/mol. The first-order valence-electron chi connectivity index (χ1n) is 6.44. The summed E-state index contributed by atoms with van der Waals surface area (Å²) in [7, 11) is 0. The molecule has 1 saturated heterocycles. The second-order valence-corrected chi connectivity index (χ2v) is 5.38. The third kappa shape index (κ3) is 7.32. The van der Waals surface area contributed by atoms with Gasteiger partial charge in [-0.2, -0.15) is 0 Å². The van der Waals surface area contributed by atoms with Gasteiger partial charge < -0.3 is 14.6 Å². The van der Waals surface area contributed by atoms with Crippen molar-refractivity contribution in [2.75, 3.05) is 13.2 Å². The Hall–Kier alpha value is -0.540. The van der Waals surface area contributed by atoms with Gasteiger partial charge in [-0.25, -0.2) is 26.3 Å². The molecule has 0 aliphatic carbocycles. The van der Waals surface area contributed by atoms with E-state index in [2.05, 4.69) is 0 Å². The summed E-state index contributed by atoms with van der Waals surface area (Å²) in [6, 6.07) is 0. The molecule has 0 amide bonds. The van der Waals surface area contributed by atoms with Gasteiger partial charge in [0.15, 0.2) is 6.29 Å². The summed E-state index contributed by atoms with van der Waals surface area (Å²) in [4.78, 5) is 0. The van der Waals surface area contributed by atoms with Crippen molar-refractivity contribution < 1.29 is 40.9 Å². The van der Waals surface area contributed by atoms with Crippen molar-refractivity contribution in [1.29, 1.82) is 0 Å². The molecule has 1 heterocycles. The minimum absolute atomic E-state index is 0.0231. The van der Waals surface area contributed by atoms with Crippen molar-refractivity contribution >= 4 is 0 Å². The Morgan fingerprint density at radius 3 is 2.14 bits per heavy atom. The molecule has 2 atom stereocenters. The van der Waals surface area contributed by atoms with Gasteiger partial charge in [0, 0.05) is 6.42 Å². The molecule has 0 radical (unpaired) electrons. The molecule has 21 heavy (non-hydrogen) atoms. The number of rotatable bonds is 8. The molecule has 2 unspecified atom stereocenters. The Morgan fingerprint density at radius 2 is 1.67 bits per heavy atom. The lowest BCUT2D eigenvalue weighted by molar-refractivity contribution is -0.156. The van der Waals surface area contributed by atoms with Gasteiger partial charge in [-0.1, -0.05) is 0 Å². The SMILES string of the molecule is CC(F)(F)CC(F)(F)CC(F)(F)CCC1COC(CO)O1. The Morgan fingerprint density at radius 1 is 1.05 bits per heavy atom. The van der Waals surface area contributed by atoms with Crippen molar-refractivity contribution in [3.63, 3.8) is 0 Å². The maximum absolute atomic E-state index is 13.5. The Bertz CT molecular complexity index is 331. The van der Waals surface area contributed by atoms with Crippen LogP contribution < -0.4 is 0 Å². The monoisotopic (exact) mass is 324 g/mol. The van der Waals surface area contributed by atoms with E-state index in [0.29, 0.717) is 0 Å². The topological polar surface area (TPSA) is 38.7 Å². The number of aliphatic hydroxyl groups is 1. The Balaban J connectivity index is 2.42. The minimum Gasteiger partial charge on any atom is -0.391 e. The fraction of sp³-hybridized carbons (Fsp3) is 1.00. The van der Waals surface area contributed by atoms with Crippen molar-refractivity contribution in [2.45, 2.75) is 62.8 Å². The number of alkyl halides is 6. The van der Waals surface area contributed by atoms with Crippen LogP contribution in [0.1, 0.15) is 32.6 Å². The van der Waals surface area contributed by atoms with E-state index in [0.717, 1.165) is 0 Å². The molecule has 0 aromatic carbocycles. The first kappa shape index (κ1) is 18.5. The summed E-state index contributed by atoms with van der Waals surface area (Å²) in [6.07, 6.45) is -6.66. The maximum atomic E-state index is 13.5. The third-order valence-electron chi connectivity index (χ3n) is 2.88. The molecule has 1 N–H and O–H groups in total. The van der Waals surface area contributed by atoms with Gasteiger partial charge in [0.1, 0.15) is 0 Å². The van der Waals surface area contributed by atoms with Crippen molar-refractivity contribution in [3.05, 3.63) is 0 Å². The van der Waals surface area contributed by atoms with Gasteiger partial charge in [-0.15, -0.1) is 0 Å². The molecule has 1 aliphatic rings. The van der Waals surface area contributed by atoms with E-state index in [1.165, 1.54) is 0 Å². The fourth-order valence-corrected chi connectivity index (χ4v) is 2.11. The summed E-state index contributed by atoms with van der Waals surface area (Å²) in [6.45, 7) is -0.195. The number of halogens is 6. The molecule has 1 fully saturated rings. The molecular formula is C12H18F6O3. The molecule has 0 spiro atoms. The Kier molecular flexibility index (Phi) is 5.91. The van der Waals surface area contributed by atoms with Crippen LogP contribution in [0.5, 0.6) is 0 Å². The molecule has 3 nitrogen and oxygen atoms in total. The lowest BCUT2D eigenvalue weighted by Gasteiger charge is -2.25. The summed E-state index contributed by atoms with van der Waals surface area (Å²) in [5.41, 5.74) is 0. The highest BCUT2D eigenvalue weighted by Gasteiger charge is 2.47. The van der Waals surface area contributed by atoms with E-state index in [1.54, 1.807) is 0 Å². The largest absolute Gasteiger partial charge is 0.391 e. The molecular weight excluding hydrogens is 306 g/mol.